The van der Waals surface area contributed by atoms with Crippen LogP contribution in [0.15, 0.2) is 15.8 Å². The molecular formula is C15H25N3O3. The zero-order valence-electron chi connectivity index (χ0n) is 13.1. The van der Waals surface area contributed by atoms with Crippen LogP contribution in [0.25, 0.3) is 0 Å². The van der Waals surface area contributed by atoms with E-state index in [4.69, 9.17) is 0 Å². The van der Waals surface area contributed by atoms with Gasteiger partial charge in [-0.15, -0.1) is 0 Å². The molecule has 0 bridgehead atoms. The van der Waals surface area contributed by atoms with Gasteiger partial charge in [0.15, 0.2) is 0 Å². The molecule has 0 atom stereocenters. The maximum Gasteiger partial charge on any atom is 0.330 e. The van der Waals surface area contributed by atoms with Crippen LogP contribution in [0.2, 0.25) is 0 Å². The summed E-state index contributed by atoms with van der Waals surface area (Å²) in [5.41, 5.74) is -0.354. The smallest absolute Gasteiger partial charge is 0.330 e. The van der Waals surface area contributed by atoms with E-state index in [1.165, 1.54) is 11.6 Å². The summed E-state index contributed by atoms with van der Waals surface area (Å²) in [5, 5.41) is 13.1. The van der Waals surface area contributed by atoms with Crippen LogP contribution in [0.5, 0.6) is 0 Å². The summed E-state index contributed by atoms with van der Waals surface area (Å²) >= 11 is 0. The predicted molar refractivity (Wildman–Crippen MR) is 81.2 cm³/mol. The molecule has 21 heavy (non-hydrogen) atoms. The third-order valence-corrected chi connectivity index (χ3v) is 4.71. The van der Waals surface area contributed by atoms with E-state index in [1.54, 1.807) is 13.2 Å². The molecule has 1 aromatic rings. The number of nitrogens with one attached hydrogen (secondary N) is 1. The molecule has 2 N–H and O–H groups in total. The van der Waals surface area contributed by atoms with Crippen molar-refractivity contribution < 1.29 is 5.11 Å². The fourth-order valence-corrected chi connectivity index (χ4v) is 2.99. The standard InChI is InChI=1S/C15H25N3O3/c1-11-4-6-15(10-19,7-5-11)16-8-12-9-17(2)14(21)18(3)13(12)20/h9,11,16,19H,4-8,10H2,1-3H3. The molecule has 1 fully saturated rings. The first-order valence-corrected chi connectivity index (χ1v) is 7.50. The molecular weight excluding hydrogens is 270 g/mol. The van der Waals surface area contributed by atoms with Crippen molar-refractivity contribution in [2.24, 2.45) is 20.0 Å². The molecule has 6 heteroatoms. The number of aliphatic hydroxyl groups is 1. The highest BCUT2D eigenvalue weighted by Gasteiger charge is 2.33. The Morgan fingerprint density at radius 2 is 1.95 bits per heavy atom. The molecule has 0 radical (unpaired) electrons. The number of hydrogen-bond donors (Lipinski definition) is 2. The fraction of sp³-hybridized carbons (Fsp3) is 0.733. The molecule has 118 valence electrons. The third kappa shape index (κ3) is 3.27. The molecule has 0 amide bonds. The van der Waals surface area contributed by atoms with Crippen LogP contribution in [-0.2, 0) is 20.6 Å². The van der Waals surface area contributed by atoms with Gasteiger partial charge in [-0.25, -0.2) is 4.79 Å². The van der Waals surface area contributed by atoms with Crippen LogP contribution in [-0.4, -0.2) is 26.4 Å². The number of aryl methyl sites for hydroxylation is 1. The van der Waals surface area contributed by atoms with Gasteiger partial charge in [0.2, 0.25) is 0 Å². The van der Waals surface area contributed by atoms with Crippen molar-refractivity contribution in [3.05, 3.63) is 32.6 Å². The van der Waals surface area contributed by atoms with Gasteiger partial charge in [0.1, 0.15) is 0 Å². The topological polar surface area (TPSA) is 76.3 Å². The first-order valence-electron chi connectivity index (χ1n) is 7.50. The lowest BCUT2D eigenvalue weighted by molar-refractivity contribution is 0.104. The number of nitrogens with zero attached hydrogens (tertiary/aromatic N) is 2. The van der Waals surface area contributed by atoms with E-state index >= 15 is 0 Å². The quantitative estimate of drug-likeness (QED) is 0.827. The first kappa shape index (κ1) is 16.0. The molecule has 1 aliphatic carbocycles. The van der Waals surface area contributed by atoms with Gasteiger partial charge in [0.05, 0.1) is 6.61 Å². The van der Waals surface area contributed by atoms with Gasteiger partial charge in [-0.3, -0.25) is 9.36 Å². The molecule has 1 aromatic heterocycles. The number of hydrogen-bond acceptors (Lipinski definition) is 4. The lowest BCUT2D eigenvalue weighted by Crippen LogP contribution is -2.51. The van der Waals surface area contributed by atoms with E-state index in [0.29, 0.717) is 18.0 Å². The van der Waals surface area contributed by atoms with Crippen LogP contribution in [0.1, 0.15) is 38.2 Å². The van der Waals surface area contributed by atoms with E-state index < -0.39 is 0 Å². The fourth-order valence-electron chi connectivity index (χ4n) is 2.99. The van der Waals surface area contributed by atoms with Crippen molar-refractivity contribution in [1.82, 2.24) is 14.5 Å². The molecule has 1 saturated carbocycles. The zero-order valence-corrected chi connectivity index (χ0v) is 13.1. The van der Waals surface area contributed by atoms with Crippen molar-refractivity contribution in [3.63, 3.8) is 0 Å². The van der Waals surface area contributed by atoms with Gasteiger partial charge in [0.25, 0.3) is 5.56 Å². The van der Waals surface area contributed by atoms with E-state index in [1.807, 2.05) is 0 Å². The van der Waals surface area contributed by atoms with Gasteiger partial charge in [-0.2, -0.15) is 0 Å². The van der Waals surface area contributed by atoms with Crippen molar-refractivity contribution in [3.8, 4) is 0 Å². The second-order valence-electron chi connectivity index (χ2n) is 6.39. The molecule has 1 aliphatic rings. The Morgan fingerprint density at radius 3 is 2.52 bits per heavy atom. The van der Waals surface area contributed by atoms with E-state index in [0.717, 1.165) is 30.3 Å². The number of aliphatic hydroxyl groups excluding tert-OH is 1. The summed E-state index contributed by atoms with van der Waals surface area (Å²) in [6.45, 7) is 2.67. The molecule has 0 aliphatic heterocycles. The lowest BCUT2D eigenvalue weighted by atomic mass is 9.77. The Balaban J connectivity index is 2.16. The van der Waals surface area contributed by atoms with Crippen molar-refractivity contribution in [2.75, 3.05) is 6.61 Å². The monoisotopic (exact) mass is 295 g/mol. The summed E-state index contributed by atoms with van der Waals surface area (Å²) in [6.07, 6.45) is 5.57. The summed E-state index contributed by atoms with van der Waals surface area (Å²) < 4.78 is 2.53. The van der Waals surface area contributed by atoms with Gasteiger partial charge < -0.3 is 15.0 Å². The minimum absolute atomic E-state index is 0.0752. The van der Waals surface area contributed by atoms with Gasteiger partial charge in [-0.1, -0.05) is 6.92 Å². The van der Waals surface area contributed by atoms with Gasteiger partial charge >= 0.3 is 5.69 Å². The average Bonchev–Trinajstić information content (AvgIpc) is 2.49. The number of rotatable bonds is 4. The Hall–Kier alpha value is -1.40. The SMILES string of the molecule is CC1CCC(CO)(NCc2cn(C)c(=O)n(C)c2=O)CC1. The van der Waals surface area contributed by atoms with Crippen LogP contribution in [0.4, 0.5) is 0 Å². The normalized spacial score (nSPS) is 26.0. The van der Waals surface area contributed by atoms with E-state index in [-0.39, 0.29) is 23.4 Å². The Morgan fingerprint density at radius 1 is 1.33 bits per heavy atom. The summed E-state index contributed by atoms with van der Waals surface area (Å²) in [6, 6.07) is 0. The van der Waals surface area contributed by atoms with Crippen molar-refractivity contribution >= 4 is 0 Å². The van der Waals surface area contributed by atoms with Crippen molar-refractivity contribution in [1.29, 1.82) is 0 Å². The van der Waals surface area contributed by atoms with Gasteiger partial charge in [0, 0.05) is 37.9 Å². The van der Waals surface area contributed by atoms with Crippen LogP contribution in [0, 0.1) is 5.92 Å². The maximum atomic E-state index is 12.1. The molecule has 6 nitrogen and oxygen atoms in total. The van der Waals surface area contributed by atoms with Crippen LogP contribution < -0.4 is 16.6 Å². The van der Waals surface area contributed by atoms with Crippen molar-refractivity contribution in [2.45, 2.75) is 44.7 Å². The van der Waals surface area contributed by atoms with Crippen LogP contribution >= 0.6 is 0 Å². The highest BCUT2D eigenvalue weighted by Crippen LogP contribution is 2.31. The predicted octanol–water partition coefficient (Wildman–Crippen LogP) is 0.115. The molecule has 0 aromatic carbocycles. The minimum Gasteiger partial charge on any atom is -0.394 e. The molecule has 1 heterocycles. The Labute approximate surface area is 124 Å². The highest BCUT2D eigenvalue weighted by molar-refractivity contribution is 5.07. The molecule has 2 rings (SSSR count). The number of aromatic nitrogens is 2. The van der Waals surface area contributed by atoms with Gasteiger partial charge in [-0.05, 0) is 31.6 Å². The van der Waals surface area contributed by atoms with Crippen LogP contribution in [0.3, 0.4) is 0 Å². The lowest BCUT2D eigenvalue weighted by Gasteiger charge is -2.39. The molecule has 0 saturated heterocycles. The molecule has 0 unspecified atom stereocenters. The average molecular weight is 295 g/mol. The van der Waals surface area contributed by atoms with E-state index in [9.17, 15) is 14.7 Å². The largest absolute Gasteiger partial charge is 0.394 e. The summed E-state index contributed by atoms with van der Waals surface area (Å²) in [7, 11) is 3.12. The Kier molecular flexibility index (Phi) is 4.68. The summed E-state index contributed by atoms with van der Waals surface area (Å²) in [5.74, 6) is 0.692. The first-order chi connectivity index (χ1) is 9.88. The third-order valence-electron chi connectivity index (χ3n) is 4.71. The van der Waals surface area contributed by atoms with E-state index in [2.05, 4.69) is 12.2 Å². The molecule has 0 spiro atoms. The highest BCUT2D eigenvalue weighted by atomic mass is 16.3. The second-order valence-corrected chi connectivity index (χ2v) is 6.39. The summed E-state index contributed by atoms with van der Waals surface area (Å²) in [4.78, 5) is 23.8. The zero-order chi connectivity index (χ0) is 15.6. The maximum absolute atomic E-state index is 12.1. The Bertz CT molecular complexity index is 610. The minimum atomic E-state index is -0.327. The second kappa shape index (κ2) is 6.15.